The Morgan fingerprint density at radius 1 is 0.466 bits per heavy atom. The van der Waals surface area contributed by atoms with Gasteiger partial charge in [-0.2, -0.15) is 0 Å². The SMILES string of the molecule is COc1ccc(C2=C3C=CC(=[NH+]3)C(c3ccc(OC)cc3)=c3ccc(n3C)=C(c3ccc(OC)cc3)c3cc(n(C)c3)C(c3ccc(OC)cc3)=C3C=CC2=N3)cc1. The molecule has 3 aliphatic heterocycles. The van der Waals surface area contributed by atoms with E-state index in [1.165, 1.54) is 0 Å². The minimum Gasteiger partial charge on any atom is -0.497 e. The van der Waals surface area contributed by atoms with E-state index < -0.39 is 0 Å². The molecule has 58 heavy (non-hydrogen) atoms. The van der Waals surface area contributed by atoms with Crippen molar-refractivity contribution >= 4 is 33.7 Å². The molecule has 8 heteroatoms. The van der Waals surface area contributed by atoms with Crippen molar-refractivity contribution in [2.24, 2.45) is 19.1 Å². The van der Waals surface area contributed by atoms with E-state index in [1.807, 2.05) is 48.5 Å². The van der Waals surface area contributed by atoms with Crippen LogP contribution in [0.5, 0.6) is 23.0 Å². The second kappa shape index (κ2) is 15.0. The second-order valence-corrected chi connectivity index (χ2v) is 14.3. The van der Waals surface area contributed by atoms with Crippen molar-refractivity contribution in [3.63, 3.8) is 0 Å². The summed E-state index contributed by atoms with van der Waals surface area (Å²) < 4.78 is 26.8. The number of allylic oxidation sites excluding steroid dienone is 5. The Kier molecular flexibility index (Phi) is 9.38. The fourth-order valence-electron chi connectivity index (χ4n) is 8.09. The molecule has 3 aliphatic rings. The number of methoxy groups -OCH3 is 4. The van der Waals surface area contributed by atoms with Crippen LogP contribution in [0.3, 0.4) is 0 Å². The first-order chi connectivity index (χ1) is 28.4. The summed E-state index contributed by atoms with van der Waals surface area (Å²) in [5.74, 6) is 3.18. The van der Waals surface area contributed by atoms with Crippen LogP contribution in [0.2, 0.25) is 0 Å². The molecule has 5 heterocycles. The van der Waals surface area contributed by atoms with Crippen LogP contribution in [0.1, 0.15) is 33.5 Å². The highest BCUT2D eigenvalue weighted by molar-refractivity contribution is 6.33. The van der Waals surface area contributed by atoms with E-state index in [0.717, 1.165) is 112 Å². The highest BCUT2D eigenvalue weighted by Gasteiger charge is 2.28. The van der Waals surface area contributed by atoms with Crippen molar-refractivity contribution in [3.05, 3.63) is 201 Å². The molecule has 0 aliphatic carbocycles. The van der Waals surface area contributed by atoms with Gasteiger partial charge in [0.25, 0.3) is 0 Å². The standard InChI is InChI=1S/C50H42N4O4/c1-53-30-35-29-46(53)50(34-13-21-39(58-6)22-14-34)43-26-24-41(52-43)48(32-9-17-37(56-4)18-10-32)40-23-25-42(51-40)49(33-11-19-38(57-5)20-12-33)45-28-27-44(54(45)2)47(35)31-7-15-36(55-3)16-8-31/h7-30H,1-6H3/p+1. The maximum absolute atomic E-state index is 5.59. The molecule has 2 aromatic heterocycles. The predicted molar refractivity (Wildman–Crippen MR) is 231 cm³/mol. The number of hydrogen-bond acceptors (Lipinski definition) is 5. The van der Waals surface area contributed by atoms with E-state index in [9.17, 15) is 0 Å². The van der Waals surface area contributed by atoms with Crippen LogP contribution in [-0.4, -0.2) is 49.0 Å². The third kappa shape index (κ3) is 6.38. The molecule has 0 atom stereocenters. The second-order valence-electron chi connectivity index (χ2n) is 14.3. The molecule has 1 N–H and O–H groups in total. The van der Waals surface area contributed by atoms with Crippen LogP contribution in [0, 0.1) is 0 Å². The van der Waals surface area contributed by atoms with Crippen molar-refractivity contribution in [1.82, 2.24) is 9.13 Å². The molecule has 0 saturated carbocycles. The van der Waals surface area contributed by atoms with E-state index >= 15 is 0 Å². The molecule has 6 aromatic rings. The first-order valence-corrected chi connectivity index (χ1v) is 19.1. The molecule has 0 saturated heterocycles. The molecule has 286 valence electrons. The minimum atomic E-state index is 0.788. The maximum Gasteiger partial charge on any atom is 0.214 e. The van der Waals surface area contributed by atoms with Crippen LogP contribution < -0.4 is 34.6 Å². The smallest absolute Gasteiger partial charge is 0.214 e. The molecule has 0 unspecified atom stereocenters. The lowest BCUT2D eigenvalue weighted by Crippen LogP contribution is -2.69. The summed E-state index contributed by atoms with van der Waals surface area (Å²) in [4.78, 5) is 9.31. The van der Waals surface area contributed by atoms with Crippen LogP contribution >= 0.6 is 0 Å². The normalized spacial score (nSPS) is 14.6. The number of fused-ring (bicyclic) bond motifs is 6. The zero-order chi connectivity index (χ0) is 39.9. The summed E-state index contributed by atoms with van der Waals surface area (Å²) >= 11 is 0. The lowest BCUT2D eigenvalue weighted by Gasteiger charge is -2.13. The van der Waals surface area contributed by atoms with Crippen molar-refractivity contribution in [2.45, 2.75) is 0 Å². The number of aromatic nitrogens is 2. The van der Waals surface area contributed by atoms with Gasteiger partial charge in [0, 0.05) is 54.5 Å². The van der Waals surface area contributed by atoms with Gasteiger partial charge >= 0.3 is 0 Å². The third-order valence-electron chi connectivity index (χ3n) is 11.1. The topological polar surface area (TPSA) is 73.1 Å². The number of aryl methyl sites for hydroxylation is 1. The highest BCUT2D eigenvalue weighted by Crippen LogP contribution is 2.36. The Labute approximate surface area is 337 Å². The van der Waals surface area contributed by atoms with Crippen LogP contribution in [0.25, 0.3) is 22.3 Å². The Balaban J connectivity index is 1.42. The number of hydrogen-bond donors (Lipinski definition) is 1. The third-order valence-corrected chi connectivity index (χ3v) is 11.1. The van der Waals surface area contributed by atoms with Crippen LogP contribution in [-0.2, 0) is 14.1 Å². The summed E-state index contributed by atoms with van der Waals surface area (Å²) in [7, 11) is 11.0. The first kappa shape index (κ1) is 36.3. The van der Waals surface area contributed by atoms with Gasteiger partial charge < -0.3 is 28.1 Å². The summed E-state index contributed by atoms with van der Waals surface area (Å²) in [6, 6.07) is 39.7. The average molecular weight is 764 g/mol. The zero-order valence-electron chi connectivity index (χ0n) is 33.3. The van der Waals surface area contributed by atoms with Crippen molar-refractivity contribution < 1.29 is 23.9 Å². The van der Waals surface area contributed by atoms with Gasteiger partial charge in [-0.1, -0.05) is 48.5 Å². The minimum absolute atomic E-state index is 0.788. The number of aliphatic imine (C=N–C) groups is 1. The molecule has 0 radical (unpaired) electrons. The number of benzene rings is 4. The van der Waals surface area contributed by atoms with Gasteiger partial charge in [-0.25, -0.2) is 9.98 Å². The Hall–Kier alpha value is -7.32. The lowest BCUT2D eigenvalue weighted by molar-refractivity contribution is -0.383. The van der Waals surface area contributed by atoms with E-state index in [1.54, 1.807) is 28.4 Å². The Morgan fingerprint density at radius 2 is 0.931 bits per heavy atom. The van der Waals surface area contributed by atoms with Crippen LogP contribution in [0.15, 0.2) is 162 Å². The summed E-state index contributed by atoms with van der Waals surface area (Å²) in [6.07, 6.45) is 10.8. The van der Waals surface area contributed by atoms with Gasteiger partial charge in [0.15, 0.2) is 0 Å². The Bertz CT molecular complexity index is 2900. The number of nitrogens with zero attached hydrogens (tertiary/aromatic N) is 3. The fraction of sp³-hybridized carbons (Fsp3) is 0.120. The van der Waals surface area contributed by atoms with Crippen LogP contribution in [0.4, 0.5) is 0 Å². The van der Waals surface area contributed by atoms with Gasteiger partial charge in [-0.15, -0.1) is 0 Å². The summed E-state index contributed by atoms with van der Waals surface area (Å²) in [5, 5.41) is 2.11. The molecule has 4 aromatic carbocycles. The van der Waals surface area contributed by atoms with E-state index in [2.05, 4.69) is 125 Å². The highest BCUT2D eigenvalue weighted by atomic mass is 16.5. The maximum atomic E-state index is 5.59. The molecule has 0 amide bonds. The molecule has 0 spiro atoms. The fourth-order valence-corrected chi connectivity index (χ4v) is 8.09. The first-order valence-electron chi connectivity index (χ1n) is 19.1. The average Bonchev–Trinajstić information content (AvgIpc) is 4.09. The van der Waals surface area contributed by atoms with E-state index in [4.69, 9.17) is 23.9 Å². The quantitative estimate of drug-likeness (QED) is 0.203. The monoisotopic (exact) mass is 763 g/mol. The predicted octanol–water partition coefficient (Wildman–Crippen LogP) is 6.13. The molecule has 8 bridgehead atoms. The number of rotatable bonds is 8. The molecule has 8 nitrogen and oxygen atoms in total. The van der Waals surface area contributed by atoms with Gasteiger partial charge in [-0.05, 0) is 101 Å². The molecular formula is C50H43N4O4+. The van der Waals surface area contributed by atoms with Gasteiger partial charge in [0.2, 0.25) is 11.4 Å². The number of ether oxygens (including phenoxy) is 4. The molecule has 9 rings (SSSR count). The van der Waals surface area contributed by atoms with Gasteiger partial charge in [-0.3, -0.25) is 0 Å². The van der Waals surface area contributed by atoms with Crippen molar-refractivity contribution in [3.8, 4) is 23.0 Å². The van der Waals surface area contributed by atoms with E-state index in [0.29, 0.717) is 0 Å². The summed E-state index contributed by atoms with van der Waals surface area (Å²) in [5.41, 5.74) is 14.0. The molecule has 0 fully saturated rings. The zero-order valence-corrected chi connectivity index (χ0v) is 33.3. The Morgan fingerprint density at radius 3 is 1.45 bits per heavy atom. The van der Waals surface area contributed by atoms with E-state index in [-0.39, 0.29) is 0 Å². The largest absolute Gasteiger partial charge is 0.497 e. The van der Waals surface area contributed by atoms with Crippen molar-refractivity contribution in [1.29, 1.82) is 0 Å². The number of nitrogens with one attached hydrogen (secondary N) is 1. The van der Waals surface area contributed by atoms with Gasteiger partial charge in [0.1, 0.15) is 23.0 Å². The van der Waals surface area contributed by atoms with Gasteiger partial charge in [0.05, 0.1) is 62.0 Å². The van der Waals surface area contributed by atoms with Crippen molar-refractivity contribution in [2.75, 3.05) is 28.4 Å². The summed E-state index contributed by atoms with van der Waals surface area (Å²) in [6.45, 7) is 0. The lowest BCUT2D eigenvalue weighted by atomic mass is 9.96. The molecular weight excluding hydrogens is 721 g/mol.